The number of carbonyl (C=O) groups is 1. The van der Waals surface area contributed by atoms with E-state index in [9.17, 15) is 4.79 Å². The van der Waals surface area contributed by atoms with Crippen molar-refractivity contribution in [3.8, 4) is 23.0 Å². The van der Waals surface area contributed by atoms with E-state index in [-0.39, 0.29) is 11.8 Å². The summed E-state index contributed by atoms with van der Waals surface area (Å²) in [7, 11) is 1.62. The van der Waals surface area contributed by atoms with E-state index in [1.807, 2.05) is 60.4 Å². The predicted molar refractivity (Wildman–Crippen MR) is 107 cm³/mol. The van der Waals surface area contributed by atoms with Gasteiger partial charge in [0.25, 0.3) is 5.89 Å². The number of likely N-dealkylation sites (tertiary alicyclic amines) is 1. The van der Waals surface area contributed by atoms with Crippen LogP contribution in [0.25, 0.3) is 11.5 Å². The van der Waals surface area contributed by atoms with E-state index in [1.165, 1.54) is 0 Å². The largest absolute Gasteiger partial charge is 0.497 e. The molecule has 1 atom stereocenters. The number of rotatable bonds is 7. The van der Waals surface area contributed by atoms with Gasteiger partial charge in [-0.25, -0.2) is 0 Å². The maximum Gasteiger partial charge on any atom is 0.257 e. The average Bonchev–Trinajstić information content (AvgIpc) is 3.37. The molecule has 0 bridgehead atoms. The Balaban J connectivity index is 1.46. The Morgan fingerprint density at radius 1 is 1.17 bits per heavy atom. The summed E-state index contributed by atoms with van der Waals surface area (Å²) in [6, 6.07) is 15.2. The molecule has 2 heterocycles. The van der Waals surface area contributed by atoms with E-state index < -0.39 is 0 Å². The van der Waals surface area contributed by atoms with Crippen molar-refractivity contribution in [2.45, 2.75) is 25.8 Å². The Bertz CT molecular complexity index is 984. The van der Waals surface area contributed by atoms with Crippen LogP contribution in [-0.2, 0) is 11.3 Å². The van der Waals surface area contributed by atoms with Gasteiger partial charge in [-0.05, 0) is 37.3 Å². The van der Waals surface area contributed by atoms with Crippen LogP contribution in [-0.4, -0.2) is 41.2 Å². The number of amides is 1. The van der Waals surface area contributed by atoms with Crippen LogP contribution in [0.4, 0.5) is 0 Å². The van der Waals surface area contributed by atoms with Gasteiger partial charge in [-0.1, -0.05) is 23.4 Å². The van der Waals surface area contributed by atoms with Gasteiger partial charge in [0.15, 0.2) is 5.82 Å². The Labute approximate surface area is 169 Å². The van der Waals surface area contributed by atoms with Gasteiger partial charge in [-0.3, -0.25) is 4.79 Å². The molecule has 7 heteroatoms. The summed E-state index contributed by atoms with van der Waals surface area (Å²) in [6.07, 6.45) is 0.373. The molecule has 29 heavy (non-hydrogen) atoms. The highest BCUT2D eigenvalue weighted by atomic mass is 16.5. The van der Waals surface area contributed by atoms with E-state index in [4.69, 9.17) is 14.0 Å². The van der Waals surface area contributed by atoms with Gasteiger partial charge in [0.05, 0.1) is 13.7 Å². The smallest absolute Gasteiger partial charge is 0.257 e. The van der Waals surface area contributed by atoms with Crippen LogP contribution >= 0.6 is 0 Å². The fourth-order valence-electron chi connectivity index (χ4n) is 3.49. The van der Waals surface area contributed by atoms with Crippen molar-refractivity contribution < 1.29 is 18.8 Å². The zero-order valence-corrected chi connectivity index (χ0v) is 16.5. The molecule has 2 aromatic carbocycles. The third-order valence-corrected chi connectivity index (χ3v) is 4.99. The molecule has 1 aromatic heterocycles. The van der Waals surface area contributed by atoms with Crippen molar-refractivity contribution in [3.63, 3.8) is 0 Å². The predicted octanol–water partition coefficient (Wildman–Crippen LogP) is 3.66. The summed E-state index contributed by atoms with van der Waals surface area (Å²) in [6.45, 7) is 3.60. The molecule has 1 amide bonds. The van der Waals surface area contributed by atoms with Gasteiger partial charge in [-0.2, -0.15) is 4.98 Å². The number of para-hydroxylation sites is 1. The van der Waals surface area contributed by atoms with Crippen molar-refractivity contribution in [1.29, 1.82) is 0 Å². The number of hydrogen-bond donors (Lipinski definition) is 0. The molecule has 0 aliphatic carbocycles. The summed E-state index contributed by atoms with van der Waals surface area (Å²) in [5.74, 6) is 2.57. The molecule has 3 aromatic rings. The monoisotopic (exact) mass is 393 g/mol. The fourth-order valence-corrected chi connectivity index (χ4v) is 3.49. The van der Waals surface area contributed by atoms with E-state index >= 15 is 0 Å². The summed E-state index contributed by atoms with van der Waals surface area (Å²) < 4.78 is 16.3. The molecular formula is C22H23N3O4. The van der Waals surface area contributed by atoms with Gasteiger partial charge >= 0.3 is 0 Å². The maximum absolute atomic E-state index is 12.6. The first kappa shape index (κ1) is 19.0. The summed E-state index contributed by atoms with van der Waals surface area (Å²) in [5.41, 5.74) is 1.81. The lowest BCUT2D eigenvalue weighted by atomic mass is 10.1. The summed E-state index contributed by atoms with van der Waals surface area (Å²) in [5, 5.41) is 4.12. The molecule has 4 rings (SSSR count). The zero-order chi connectivity index (χ0) is 20.2. The lowest BCUT2D eigenvalue weighted by Gasteiger charge is -2.18. The molecule has 0 saturated carbocycles. The molecule has 7 nitrogen and oxygen atoms in total. The van der Waals surface area contributed by atoms with Crippen LogP contribution in [0.5, 0.6) is 11.5 Å². The molecule has 1 unspecified atom stereocenters. The molecule has 1 aliphatic rings. The van der Waals surface area contributed by atoms with Gasteiger partial charge in [0.2, 0.25) is 5.91 Å². The lowest BCUT2D eigenvalue weighted by Crippen LogP contribution is -2.24. The second-order valence-corrected chi connectivity index (χ2v) is 6.90. The number of carbonyl (C=O) groups excluding carboxylic acids is 1. The van der Waals surface area contributed by atoms with Crippen LogP contribution in [0.1, 0.15) is 30.7 Å². The molecule has 1 fully saturated rings. The molecule has 0 N–H and O–H groups in total. The Morgan fingerprint density at radius 3 is 2.72 bits per heavy atom. The number of ether oxygens (including phenoxy) is 2. The van der Waals surface area contributed by atoms with Crippen molar-refractivity contribution in [1.82, 2.24) is 15.0 Å². The van der Waals surface area contributed by atoms with Crippen LogP contribution in [0.2, 0.25) is 0 Å². The molecule has 1 saturated heterocycles. The minimum atomic E-state index is -0.0856. The van der Waals surface area contributed by atoms with Gasteiger partial charge < -0.3 is 18.9 Å². The van der Waals surface area contributed by atoms with Crippen molar-refractivity contribution in [2.75, 3.05) is 20.3 Å². The molecule has 0 spiro atoms. The van der Waals surface area contributed by atoms with Crippen molar-refractivity contribution in [2.24, 2.45) is 0 Å². The molecular weight excluding hydrogens is 370 g/mol. The van der Waals surface area contributed by atoms with Crippen molar-refractivity contribution >= 4 is 5.91 Å². The fraction of sp³-hybridized carbons (Fsp3) is 0.318. The highest BCUT2D eigenvalue weighted by molar-refractivity contribution is 5.79. The zero-order valence-electron chi connectivity index (χ0n) is 16.5. The second kappa shape index (κ2) is 8.34. The van der Waals surface area contributed by atoms with Crippen LogP contribution < -0.4 is 9.47 Å². The maximum atomic E-state index is 12.6. The highest BCUT2D eigenvalue weighted by Crippen LogP contribution is 2.31. The Hall–Kier alpha value is -3.35. The highest BCUT2D eigenvalue weighted by Gasteiger charge is 2.34. The molecule has 1 aliphatic heterocycles. The van der Waals surface area contributed by atoms with Crippen molar-refractivity contribution in [3.05, 3.63) is 59.9 Å². The Morgan fingerprint density at radius 2 is 1.97 bits per heavy atom. The number of methoxy groups -OCH3 is 1. The topological polar surface area (TPSA) is 77.7 Å². The van der Waals surface area contributed by atoms with E-state index in [2.05, 4.69) is 10.1 Å². The normalized spacial score (nSPS) is 16.3. The number of benzene rings is 2. The van der Waals surface area contributed by atoms with Crippen LogP contribution in [0, 0.1) is 0 Å². The molecule has 150 valence electrons. The number of hydrogen-bond acceptors (Lipinski definition) is 6. The first-order valence-corrected chi connectivity index (χ1v) is 9.64. The van der Waals surface area contributed by atoms with Gasteiger partial charge in [0.1, 0.15) is 11.5 Å². The standard InChI is InChI=1S/C22H23N3O4/c1-3-28-19-7-5-4-6-16(19)13-25-14-17(12-20(25)26)21-23-22(29-24-21)15-8-10-18(27-2)11-9-15/h4-11,17H,3,12-14H2,1-2H3. The first-order valence-electron chi connectivity index (χ1n) is 9.64. The minimum Gasteiger partial charge on any atom is -0.497 e. The van der Waals surface area contributed by atoms with E-state index in [1.54, 1.807) is 7.11 Å². The number of aromatic nitrogens is 2. The lowest BCUT2D eigenvalue weighted by molar-refractivity contribution is -0.128. The third-order valence-electron chi connectivity index (χ3n) is 4.99. The Kier molecular flexibility index (Phi) is 5.46. The SMILES string of the molecule is CCOc1ccccc1CN1CC(c2noc(-c3ccc(OC)cc3)n2)CC1=O. The average molecular weight is 393 g/mol. The van der Waals surface area contributed by atoms with Crippen LogP contribution in [0.15, 0.2) is 53.1 Å². The second-order valence-electron chi connectivity index (χ2n) is 6.90. The number of nitrogens with zero attached hydrogens (tertiary/aromatic N) is 3. The minimum absolute atomic E-state index is 0.0806. The van der Waals surface area contributed by atoms with Gasteiger partial charge in [0, 0.05) is 36.6 Å². The van der Waals surface area contributed by atoms with Gasteiger partial charge in [-0.15, -0.1) is 0 Å². The quantitative estimate of drug-likeness (QED) is 0.610. The summed E-state index contributed by atoms with van der Waals surface area (Å²) >= 11 is 0. The van der Waals surface area contributed by atoms with Crippen LogP contribution in [0.3, 0.4) is 0 Å². The molecule has 0 radical (unpaired) electrons. The third kappa shape index (κ3) is 4.08. The van der Waals surface area contributed by atoms with E-state index in [0.29, 0.717) is 37.8 Å². The first-order chi connectivity index (χ1) is 14.2. The van der Waals surface area contributed by atoms with E-state index in [0.717, 1.165) is 22.6 Å². The summed E-state index contributed by atoms with van der Waals surface area (Å²) in [4.78, 5) is 18.9.